The highest BCUT2D eigenvalue weighted by atomic mass is 15.1. The van der Waals surface area contributed by atoms with Gasteiger partial charge in [0, 0.05) is 19.6 Å². The molecule has 1 aliphatic heterocycles. The second kappa shape index (κ2) is 8.48. The summed E-state index contributed by atoms with van der Waals surface area (Å²) < 4.78 is 0. The molecule has 0 bridgehead atoms. The summed E-state index contributed by atoms with van der Waals surface area (Å²) in [5, 5.41) is 0. The Morgan fingerprint density at radius 3 is 2.04 bits per heavy atom. The normalized spacial score (nSPS) is 22.0. The minimum atomic E-state index is 0.786. The van der Waals surface area contributed by atoms with Crippen molar-refractivity contribution in [3.8, 4) is 0 Å². The Morgan fingerprint density at radius 2 is 1.42 bits per heavy atom. The first-order valence-corrected chi connectivity index (χ1v) is 9.49. The lowest BCUT2D eigenvalue weighted by atomic mass is 9.81. The van der Waals surface area contributed by atoms with Crippen LogP contribution in [0.3, 0.4) is 0 Å². The quantitative estimate of drug-likeness (QED) is 0.687. The van der Waals surface area contributed by atoms with Crippen LogP contribution < -0.4 is 0 Å². The van der Waals surface area contributed by atoms with Crippen molar-refractivity contribution < 1.29 is 0 Å². The Kier molecular flexibility index (Phi) is 6.09. The minimum Gasteiger partial charge on any atom is -0.299 e. The molecular formula is C23H31N. The lowest BCUT2D eigenvalue weighted by Gasteiger charge is -2.39. The van der Waals surface area contributed by atoms with Crippen LogP contribution in [0.1, 0.15) is 37.8 Å². The van der Waals surface area contributed by atoms with Crippen molar-refractivity contribution in [3.05, 3.63) is 71.8 Å². The molecule has 3 rings (SSSR count). The molecule has 0 N–H and O–H groups in total. The molecule has 0 aliphatic carbocycles. The van der Waals surface area contributed by atoms with Crippen LogP contribution in [-0.2, 0) is 13.0 Å². The van der Waals surface area contributed by atoms with E-state index in [1.54, 1.807) is 0 Å². The lowest BCUT2D eigenvalue weighted by Crippen LogP contribution is -2.41. The van der Waals surface area contributed by atoms with Gasteiger partial charge >= 0.3 is 0 Å². The largest absolute Gasteiger partial charge is 0.299 e. The average Bonchev–Trinajstić information content (AvgIpc) is 2.56. The van der Waals surface area contributed by atoms with Gasteiger partial charge in [0.2, 0.25) is 0 Å². The van der Waals surface area contributed by atoms with E-state index in [9.17, 15) is 0 Å². The molecule has 0 spiro atoms. The molecule has 2 atom stereocenters. The fourth-order valence-corrected chi connectivity index (χ4v) is 4.33. The third-order valence-corrected chi connectivity index (χ3v) is 5.12. The van der Waals surface area contributed by atoms with Crippen LogP contribution >= 0.6 is 0 Å². The molecule has 0 aromatic heterocycles. The second-order valence-corrected chi connectivity index (χ2v) is 7.97. The molecule has 1 heteroatoms. The van der Waals surface area contributed by atoms with Crippen LogP contribution in [0.5, 0.6) is 0 Å². The number of likely N-dealkylation sites (tertiary alicyclic amines) is 1. The number of rotatable bonds is 6. The summed E-state index contributed by atoms with van der Waals surface area (Å²) in [7, 11) is 0. The second-order valence-electron chi connectivity index (χ2n) is 7.97. The van der Waals surface area contributed by atoms with Gasteiger partial charge in [-0.3, -0.25) is 4.90 Å². The highest BCUT2D eigenvalue weighted by Crippen LogP contribution is 2.30. The smallest absolute Gasteiger partial charge is 0.0233 e. The van der Waals surface area contributed by atoms with Gasteiger partial charge in [-0.15, -0.1) is 0 Å². The minimum absolute atomic E-state index is 0.786. The van der Waals surface area contributed by atoms with E-state index in [1.165, 1.54) is 43.5 Å². The van der Waals surface area contributed by atoms with Gasteiger partial charge in [0.25, 0.3) is 0 Å². The van der Waals surface area contributed by atoms with E-state index in [0.29, 0.717) is 0 Å². The molecule has 1 aliphatic rings. The third kappa shape index (κ3) is 5.21. The van der Waals surface area contributed by atoms with Gasteiger partial charge in [0.1, 0.15) is 0 Å². The Hall–Kier alpha value is -1.60. The van der Waals surface area contributed by atoms with E-state index in [4.69, 9.17) is 0 Å². The molecule has 0 amide bonds. The summed E-state index contributed by atoms with van der Waals surface area (Å²) in [5.41, 5.74) is 2.94. The molecule has 0 radical (unpaired) electrons. The van der Waals surface area contributed by atoms with Gasteiger partial charge in [-0.1, -0.05) is 74.5 Å². The van der Waals surface area contributed by atoms with Crippen molar-refractivity contribution in [2.75, 3.05) is 13.1 Å². The summed E-state index contributed by atoms with van der Waals surface area (Å²) >= 11 is 0. The first-order chi connectivity index (χ1) is 11.7. The molecule has 128 valence electrons. The van der Waals surface area contributed by atoms with E-state index < -0.39 is 0 Å². The standard InChI is InChI=1S/C23H31N/c1-19(2)13-22-15-23(14-20-9-5-3-6-10-20)18-24(17-22)16-21-11-7-4-8-12-21/h3-12,19,22-23H,13-18H2,1-2H3/t22-,23?/m0/s1. The van der Waals surface area contributed by atoms with Crippen LogP contribution in [0.2, 0.25) is 0 Å². The molecule has 1 heterocycles. The summed E-state index contributed by atoms with van der Waals surface area (Å²) in [5.74, 6) is 2.42. The van der Waals surface area contributed by atoms with Crippen molar-refractivity contribution in [3.63, 3.8) is 0 Å². The number of hydrogen-bond donors (Lipinski definition) is 0. The summed E-state index contributed by atoms with van der Waals surface area (Å²) in [6.07, 6.45) is 3.97. The zero-order chi connectivity index (χ0) is 16.8. The monoisotopic (exact) mass is 321 g/mol. The summed E-state index contributed by atoms with van der Waals surface area (Å²) in [6, 6.07) is 22.0. The summed E-state index contributed by atoms with van der Waals surface area (Å²) in [6.45, 7) is 8.32. The molecule has 0 saturated carbocycles. The van der Waals surface area contributed by atoms with Gasteiger partial charge in [-0.05, 0) is 48.1 Å². The molecule has 1 nitrogen and oxygen atoms in total. The molecular weight excluding hydrogens is 290 g/mol. The first kappa shape index (κ1) is 17.2. The molecule has 2 aromatic rings. The van der Waals surface area contributed by atoms with Crippen LogP contribution in [0.4, 0.5) is 0 Å². The number of benzene rings is 2. The molecule has 2 aromatic carbocycles. The highest BCUT2D eigenvalue weighted by molar-refractivity contribution is 5.16. The highest BCUT2D eigenvalue weighted by Gasteiger charge is 2.27. The van der Waals surface area contributed by atoms with E-state index in [-0.39, 0.29) is 0 Å². The van der Waals surface area contributed by atoms with Gasteiger partial charge in [0.15, 0.2) is 0 Å². The predicted molar refractivity (Wildman–Crippen MR) is 103 cm³/mol. The van der Waals surface area contributed by atoms with Crippen LogP contribution in [0.15, 0.2) is 60.7 Å². The maximum atomic E-state index is 2.69. The van der Waals surface area contributed by atoms with Gasteiger partial charge in [-0.25, -0.2) is 0 Å². The van der Waals surface area contributed by atoms with Crippen molar-refractivity contribution in [2.24, 2.45) is 17.8 Å². The Morgan fingerprint density at radius 1 is 0.833 bits per heavy atom. The van der Waals surface area contributed by atoms with Crippen LogP contribution in [0, 0.1) is 17.8 Å². The third-order valence-electron chi connectivity index (χ3n) is 5.12. The zero-order valence-corrected chi connectivity index (χ0v) is 15.2. The fourth-order valence-electron chi connectivity index (χ4n) is 4.33. The van der Waals surface area contributed by atoms with Crippen molar-refractivity contribution in [2.45, 2.75) is 39.7 Å². The number of nitrogens with zero attached hydrogens (tertiary/aromatic N) is 1. The molecule has 1 fully saturated rings. The molecule has 1 saturated heterocycles. The Bertz CT molecular complexity index is 540. The number of piperidine rings is 1. The van der Waals surface area contributed by atoms with Crippen molar-refractivity contribution in [1.82, 2.24) is 4.90 Å². The Balaban J connectivity index is 1.66. The number of hydrogen-bond acceptors (Lipinski definition) is 1. The molecule has 1 unspecified atom stereocenters. The van der Waals surface area contributed by atoms with E-state index in [2.05, 4.69) is 79.4 Å². The van der Waals surface area contributed by atoms with Gasteiger partial charge in [-0.2, -0.15) is 0 Å². The van der Waals surface area contributed by atoms with E-state index in [1.807, 2.05) is 0 Å². The van der Waals surface area contributed by atoms with Crippen LogP contribution in [0.25, 0.3) is 0 Å². The van der Waals surface area contributed by atoms with Crippen molar-refractivity contribution >= 4 is 0 Å². The zero-order valence-electron chi connectivity index (χ0n) is 15.2. The maximum Gasteiger partial charge on any atom is 0.0233 e. The predicted octanol–water partition coefficient (Wildman–Crippen LogP) is 5.41. The molecule has 24 heavy (non-hydrogen) atoms. The van der Waals surface area contributed by atoms with Crippen LogP contribution in [-0.4, -0.2) is 18.0 Å². The topological polar surface area (TPSA) is 3.24 Å². The van der Waals surface area contributed by atoms with Gasteiger partial charge in [0.05, 0.1) is 0 Å². The maximum absolute atomic E-state index is 2.69. The SMILES string of the molecule is CC(C)C[C@H]1CC(Cc2ccccc2)CN(Cc2ccccc2)C1. The summed E-state index contributed by atoms with van der Waals surface area (Å²) in [4.78, 5) is 2.69. The fraction of sp³-hybridized carbons (Fsp3) is 0.478. The van der Waals surface area contributed by atoms with E-state index >= 15 is 0 Å². The van der Waals surface area contributed by atoms with E-state index in [0.717, 1.165) is 24.3 Å². The van der Waals surface area contributed by atoms with Gasteiger partial charge < -0.3 is 0 Å². The van der Waals surface area contributed by atoms with Crippen molar-refractivity contribution in [1.29, 1.82) is 0 Å². The average molecular weight is 322 g/mol. The Labute approximate surface area is 147 Å². The first-order valence-electron chi connectivity index (χ1n) is 9.49. The lowest BCUT2D eigenvalue weighted by molar-refractivity contribution is 0.106.